The van der Waals surface area contributed by atoms with Crippen LogP contribution in [0.15, 0.2) is 53.7 Å². The largest absolute Gasteiger partial charge is 0.370 e. The van der Waals surface area contributed by atoms with Gasteiger partial charge in [0, 0.05) is 30.8 Å². The Bertz CT molecular complexity index is 1210. The van der Waals surface area contributed by atoms with E-state index >= 15 is 0 Å². The minimum atomic E-state index is -0.704. The first-order valence-corrected chi connectivity index (χ1v) is 12.6. The van der Waals surface area contributed by atoms with Crippen molar-refractivity contribution in [3.05, 3.63) is 65.2 Å². The fraction of sp³-hybridized carbons (Fsp3) is 0.333. The molecule has 34 heavy (non-hydrogen) atoms. The number of anilines is 2. The molecule has 2 aliphatic rings. The summed E-state index contributed by atoms with van der Waals surface area (Å²) in [6.45, 7) is 2.44. The zero-order valence-electron chi connectivity index (χ0n) is 18.8. The second-order valence-electron chi connectivity index (χ2n) is 8.45. The summed E-state index contributed by atoms with van der Waals surface area (Å²) in [5, 5.41) is 7.79. The van der Waals surface area contributed by atoms with E-state index in [0.717, 1.165) is 47.8 Å². The molecular formula is C24H25ClN6O2S. The summed E-state index contributed by atoms with van der Waals surface area (Å²) in [7, 11) is 1.74. The number of nitrogens with one attached hydrogen (secondary N) is 1. The minimum absolute atomic E-state index is 0.0394. The molecule has 2 aromatic carbocycles. The topological polar surface area (TPSA) is 83.4 Å². The Labute approximate surface area is 207 Å². The van der Waals surface area contributed by atoms with Crippen LogP contribution in [0.1, 0.15) is 29.0 Å². The van der Waals surface area contributed by atoms with Crippen LogP contribution in [0.25, 0.3) is 0 Å². The molecule has 1 atom stereocenters. The predicted octanol–water partition coefficient (Wildman–Crippen LogP) is 3.45. The smallest absolute Gasteiger partial charge is 0.291 e. The van der Waals surface area contributed by atoms with E-state index in [1.807, 2.05) is 42.5 Å². The van der Waals surface area contributed by atoms with Gasteiger partial charge in [0.05, 0.1) is 22.9 Å². The summed E-state index contributed by atoms with van der Waals surface area (Å²) >= 11 is 8.10. The third kappa shape index (κ3) is 4.63. The first kappa shape index (κ1) is 22.7. The molecule has 5 rings (SSSR count). The van der Waals surface area contributed by atoms with Gasteiger partial charge in [-0.2, -0.15) is 0 Å². The van der Waals surface area contributed by atoms with Crippen molar-refractivity contribution in [3.8, 4) is 0 Å². The van der Waals surface area contributed by atoms with E-state index < -0.39 is 11.9 Å². The van der Waals surface area contributed by atoms with Crippen LogP contribution >= 0.6 is 23.4 Å². The van der Waals surface area contributed by atoms with Crippen molar-refractivity contribution in [2.24, 2.45) is 0 Å². The van der Waals surface area contributed by atoms with Crippen LogP contribution in [-0.4, -0.2) is 58.5 Å². The zero-order valence-corrected chi connectivity index (χ0v) is 20.3. The van der Waals surface area contributed by atoms with Crippen LogP contribution in [0, 0.1) is 0 Å². The third-order valence-corrected chi connectivity index (χ3v) is 7.54. The lowest BCUT2D eigenvalue weighted by Crippen LogP contribution is -2.48. The summed E-state index contributed by atoms with van der Waals surface area (Å²) in [4.78, 5) is 35.0. The van der Waals surface area contributed by atoms with E-state index in [4.69, 9.17) is 11.6 Å². The molecule has 1 fully saturated rings. The lowest BCUT2D eigenvalue weighted by molar-refractivity contribution is -0.119. The number of carbonyl (C=O) groups excluding carboxylic acids is 2. The van der Waals surface area contributed by atoms with Crippen molar-refractivity contribution in [2.45, 2.75) is 30.3 Å². The van der Waals surface area contributed by atoms with Crippen molar-refractivity contribution in [3.63, 3.8) is 0 Å². The Balaban J connectivity index is 1.30. The van der Waals surface area contributed by atoms with E-state index in [0.29, 0.717) is 17.3 Å². The Morgan fingerprint density at radius 1 is 1.18 bits per heavy atom. The highest BCUT2D eigenvalue weighted by Gasteiger charge is 2.32. The van der Waals surface area contributed by atoms with Gasteiger partial charge in [-0.25, -0.2) is 9.67 Å². The summed E-state index contributed by atoms with van der Waals surface area (Å²) in [5.41, 5.74) is 2.82. The molecule has 2 amide bonds. The van der Waals surface area contributed by atoms with Crippen LogP contribution in [0.2, 0.25) is 5.02 Å². The monoisotopic (exact) mass is 496 g/mol. The fourth-order valence-corrected chi connectivity index (χ4v) is 5.74. The molecule has 0 unspecified atom stereocenters. The summed E-state index contributed by atoms with van der Waals surface area (Å²) in [6, 6.07) is 13.0. The maximum absolute atomic E-state index is 13.2. The van der Waals surface area contributed by atoms with Crippen molar-refractivity contribution >= 4 is 46.6 Å². The van der Waals surface area contributed by atoms with E-state index in [2.05, 4.69) is 20.3 Å². The number of benzene rings is 2. The average Bonchev–Trinajstić information content (AvgIpc) is 3.52. The van der Waals surface area contributed by atoms with E-state index in [9.17, 15) is 9.59 Å². The molecule has 1 N–H and O–H groups in total. The standard InChI is InChI=1S/C24H25ClN6O2S/c1-29-20-12-19(30-9-5-6-10-30)17(25)11-21(20)34-14-18(24(29)33)27-23(32)22-26-15-31(28-22)13-16-7-3-2-4-8-16/h2-4,7-8,11-12,15,18H,5-6,9-10,13-14H2,1H3,(H,27,32)/t18-/m0/s1. The number of halogens is 1. The van der Waals surface area contributed by atoms with Gasteiger partial charge in [-0.15, -0.1) is 16.9 Å². The van der Waals surface area contributed by atoms with Gasteiger partial charge in [-0.1, -0.05) is 41.9 Å². The van der Waals surface area contributed by atoms with Crippen molar-refractivity contribution in [1.29, 1.82) is 0 Å². The molecule has 0 aliphatic carbocycles. The quantitative estimate of drug-likeness (QED) is 0.582. The minimum Gasteiger partial charge on any atom is -0.370 e. The number of fused-ring (bicyclic) bond motifs is 1. The van der Waals surface area contributed by atoms with E-state index in [-0.39, 0.29) is 11.7 Å². The normalized spacial score (nSPS) is 18.1. The Hall–Kier alpha value is -3.04. The molecule has 3 heterocycles. The third-order valence-electron chi connectivity index (χ3n) is 6.10. The fourth-order valence-electron chi connectivity index (χ4n) is 4.28. The first-order chi connectivity index (χ1) is 16.5. The maximum atomic E-state index is 13.2. The van der Waals surface area contributed by atoms with Crippen molar-refractivity contribution in [2.75, 3.05) is 35.7 Å². The number of hydrogen-bond donors (Lipinski definition) is 1. The molecule has 2 aliphatic heterocycles. The highest BCUT2D eigenvalue weighted by molar-refractivity contribution is 7.99. The number of amides is 2. The van der Waals surface area contributed by atoms with Gasteiger partial charge in [0.25, 0.3) is 5.91 Å². The Kier molecular flexibility index (Phi) is 6.47. The van der Waals surface area contributed by atoms with Crippen LogP contribution in [-0.2, 0) is 11.3 Å². The molecule has 1 aromatic heterocycles. The molecule has 0 spiro atoms. The van der Waals surface area contributed by atoms with Gasteiger partial charge in [0.2, 0.25) is 11.7 Å². The molecule has 10 heteroatoms. The van der Waals surface area contributed by atoms with Crippen LogP contribution in [0.3, 0.4) is 0 Å². The highest BCUT2D eigenvalue weighted by Crippen LogP contribution is 2.41. The lowest BCUT2D eigenvalue weighted by atomic mass is 10.2. The van der Waals surface area contributed by atoms with Crippen LogP contribution < -0.4 is 15.1 Å². The van der Waals surface area contributed by atoms with Crippen molar-refractivity contribution < 1.29 is 9.59 Å². The Morgan fingerprint density at radius 3 is 2.71 bits per heavy atom. The van der Waals surface area contributed by atoms with Crippen molar-refractivity contribution in [1.82, 2.24) is 20.1 Å². The summed E-state index contributed by atoms with van der Waals surface area (Å²) in [6.07, 6.45) is 3.80. The van der Waals surface area contributed by atoms with Gasteiger partial charge in [0.1, 0.15) is 12.4 Å². The molecule has 176 valence electrons. The van der Waals surface area contributed by atoms with E-state index in [1.165, 1.54) is 18.1 Å². The number of nitrogens with zero attached hydrogens (tertiary/aromatic N) is 5. The van der Waals surface area contributed by atoms with Crippen LogP contribution in [0.4, 0.5) is 11.4 Å². The van der Waals surface area contributed by atoms with Gasteiger partial charge >= 0.3 is 0 Å². The van der Waals surface area contributed by atoms with Gasteiger partial charge in [-0.3, -0.25) is 9.59 Å². The number of likely N-dealkylation sites (N-methyl/N-ethyl adjacent to an activating group) is 1. The molecular weight excluding hydrogens is 472 g/mol. The molecule has 0 bridgehead atoms. The zero-order chi connectivity index (χ0) is 23.7. The first-order valence-electron chi connectivity index (χ1n) is 11.2. The van der Waals surface area contributed by atoms with Crippen LogP contribution in [0.5, 0.6) is 0 Å². The summed E-state index contributed by atoms with van der Waals surface area (Å²) in [5.74, 6) is -0.220. The molecule has 1 saturated heterocycles. The lowest BCUT2D eigenvalue weighted by Gasteiger charge is -2.25. The predicted molar refractivity (Wildman–Crippen MR) is 134 cm³/mol. The second kappa shape index (κ2) is 9.68. The SMILES string of the molecule is CN1C(=O)[C@@H](NC(=O)c2ncn(Cc3ccccc3)n2)CSc2cc(Cl)c(N3CCCC3)cc21. The Morgan fingerprint density at radius 2 is 1.94 bits per heavy atom. The average molecular weight is 497 g/mol. The molecule has 0 radical (unpaired) electrons. The molecule has 0 saturated carbocycles. The van der Waals surface area contributed by atoms with Gasteiger partial charge in [-0.05, 0) is 30.5 Å². The van der Waals surface area contributed by atoms with Gasteiger partial charge in [0.15, 0.2) is 0 Å². The number of thioether (sulfide) groups is 1. The highest BCUT2D eigenvalue weighted by atomic mass is 35.5. The van der Waals surface area contributed by atoms with E-state index in [1.54, 1.807) is 16.6 Å². The number of carbonyl (C=O) groups is 2. The van der Waals surface area contributed by atoms with Gasteiger partial charge < -0.3 is 15.1 Å². The number of rotatable bonds is 5. The molecule has 8 nitrogen and oxygen atoms in total. The maximum Gasteiger partial charge on any atom is 0.291 e. The number of hydrogen-bond acceptors (Lipinski definition) is 6. The number of aromatic nitrogens is 3. The summed E-state index contributed by atoms with van der Waals surface area (Å²) < 4.78 is 1.61. The molecule has 3 aromatic rings. The second-order valence-corrected chi connectivity index (χ2v) is 9.92.